The van der Waals surface area contributed by atoms with Crippen LogP contribution in [-0.2, 0) is 11.3 Å². The zero-order valence-electron chi connectivity index (χ0n) is 15.2. The average Bonchev–Trinajstić information content (AvgIpc) is 2.67. The van der Waals surface area contributed by atoms with Crippen molar-refractivity contribution in [3.63, 3.8) is 0 Å². The summed E-state index contributed by atoms with van der Waals surface area (Å²) in [6.45, 7) is 2.69. The Bertz CT molecular complexity index is 727. The van der Waals surface area contributed by atoms with Crippen LogP contribution in [0.4, 0.5) is 0 Å². The molecule has 0 aliphatic carbocycles. The number of aromatic nitrogens is 1. The van der Waals surface area contributed by atoms with Gasteiger partial charge in [0.1, 0.15) is 11.5 Å². The Morgan fingerprint density at radius 1 is 1.15 bits per heavy atom. The number of carbonyl (C=O) groups excluding carboxylic acids is 2. The number of benzene rings is 1. The van der Waals surface area contributed by atoms with Gasteiger partial charge < -0.3 is 19.7 Å². The molecule has 0 atom stereocenters. The predicted octanol–water partition coefficient (Wildman–Crippen LogP) is 1.88. The van der Waals surface area contributed by atoms with Crippen LogP contribution in [0.25, 0.3) is 0 Å². The molecular weight excluding hydrogens is 334 g/mol. The molecule has 0 saturated heterocycles. The molecule has 1 aromatic heterocycles. The molecule has 1 aromatic carbocycles. The van der Waals surface area contributed by atoms with E-state index in [0.717, 1.165) is 5.56 Å². The highest BCUT2D eigenvalue weighted by molar-refractivity contribution is 5.95. The first-order chi connectivity index (χ1) is 12.5. The molecule has 1 heterocycles. The maximum absolute atomic E-state index is 12.4. The van der Waals surface area contributed by atoms with E-state index in [1.165, 1.54) is 21.1 Å². The smallest absolute Gasteiger partial charge is 0.251 e. The fourth-order valence-electron chi connectivity index (χ4n) is 2.40. The highest BCUT2D eigenvalue weighted by Crippen LogP contribution is 2.22. The molecule has 0 unspecified atom stereocenters. The highest BCUT2D eigenvalue weighted by atomic mass is 16.5. The van der Waals surface area contributed by atoms with Crippen molar-refractivity contribution in [3.05, 3.63) is 53.9 Å². The van der Waals surface area contributed by atoms with E-state index in [2.05, 4.69) is 10.3 Å². The molecule has 1 N–H and O–H groups in total. The molecule has 0 saturated carbocycles. The molecule has 0 aliphatic heterocycles. The lowest BCUT2D eigenvalue weighted by molar-refractivity contribution is -0.129. The summed E-state index contributed by atoms with van der Waals surface area (Å²) in [5.41, 5.74) is 1.37. The first kappa shape index (κ1) is 19.2. The predicted molar refractivity (Wildman–Crippen MR) is 97.2 cm³/mol. The van der Waals surface area contributed by atoms with Gasteiger partial charge in [-0.1, -0.05) is 6.07 Å². The highest BCUT2D eigenvalue weighted by Gasteiger charge is 2.12. The van der Waals surface area contributed by atoms with E-state index in [4.69, 9.17) is 9.47 Å². The van der Waals surface area contributed by atoms with Gasteiger partial charge in [0.05, 0.1) is 14.2 Å². The van der Waals surface area contributed by atoms with Crippen molar-refractivity contribution >= 4 is 11.8 Å². The Morgan fingerprint density at radius 2 is 1.85 bits per heavy atom. The van der Waals surface area contributed by atoms with E-state index in [1.807, 2.05) is 12.1 Å². The average molecular weight is 357 g/mol. The molecule has 138 valence electrons. The fourth-order valence-corrected chi connectivity index (χ4v) is 2.40. The Morgan fingerprint density at radius 3 is 2.38 bits per heavy atom. The van der Waals surface area contributed by atoms with Gasteiger partial charge in [0.25, 0.3) is 5.91 Å². The van der Waals surface area contributed by atoms with Crippen molar-refractivity contribution in [2.75, 3.05) is 27.3 Å². The summed E-state index contributed by atoms with van der Waals surface area (Å²) in [6, 6.07) is 8.70. The zero-order valence-corrected chi connectivity index (χ0v) is 15.2. The van der Waals surface area contributed by atoms with E-state index in [1.54, 1.807) is 35.5 Å². The fraction of sp³-hybridized carbons (Fsp3) is 0.316. The summed E-state index contributed by atoms with van der Waals surface area (Å²) < 4.78 is 10.3. The van der Waals surface area contributed by atoms with Gasteiger partial charge in [-0.05, 0) is 23.8 Å². The van der Waals surface area contributed by atoms with E-state index in [0.29, 0.717) is 36.7 Å². The van der Waals surface area contributed by atoms with Crippen LogP contribution in [0.3, 0.4) is 0 Å². The van der Waals surface area contributed by atoms with Crippen LogP contribution in [-0.4, -0.2) is 49.0 Å². The molecule has 0 radical (unpaired) electrons. The summed E-state index contributed by atoms with van der Waals surface area (Å²) in [7, 11) is 3.05. The maximum Gasteiger partial charge on any atom is 0.251 e. The number of ether oxygens (including phenoxy) is 2. The first-order valence-electron chi connectivity index (χ1n) is 8.19. The third-order valence-corrected chi connectivity index (χ3v) is 3.82. The lowest BCUT2D eigenvalue weighted by Crippen LogP contribution is -2.37. The lowest BCUT2D eigenvalue weighted by Gasteiger charge is -2.21. The molecule has 7 nitrogen and oxygen atoms in total. The van der Waals surface area contributed by atoms with Gasteiger partial charge in [-0.3, -0.25) is 14.6 Å². The van der Waals surface area contributed by atoms with Crippen molar-refractivity contribution in [1.82, 2.24) is 15.2 Å². The second-order valence-corrected chi connectivity index (χ2v) is 5.66. The van der Waals surface area contributed by atoms with E-state index < -0.39 is 0 Å². The van der Waals surface area contributed by atoms with Crippen LogP contribution in [0.15, 0.2) is 42.7 Å². The largest absolute Gasteiger partial charge is 0.497 e. The van der Waals surface area contributed by atoms with Crippen LogP contribution < -0.4 is 14.8 Å². The lowest BCUT2D eigenvalue weighted by atomic mass is 10.2. The van der Waals surface area contributed by atoms with Crippen LogP contribution in [0.5, 0.6) is 11.5 Å². The molecule has 7 heteroatoms. The molecule has 0 spiro atoms. The molecule has 0 fully saturated rings. The molecule has 2 aromatic rings. The number of nitrogens with zero attached hydrogens (tertiary/aromatic N) is 2. The van der Waals surface area contributed by atoms with Gasteiger partial charge >= 0.3 is 0 Å². The molecule has 2 amide bonds. The molecule has 0 aliphatic rings. The third-order valence-electron chi connectivity index (χ3n) is 3.82. The molecule has 26 heavy (non-hydrogen) atoms. The molecular formula is C19H23N3O4. The van der Waals surface area contributed by atoms with Crippen LogP contribution >= 0.6 is 0 Å². The van der Waals surface area contributed by atoms with E-state index in [-0.39, 0.29) is 11.8 Å². The Hall–Kier alpha value is -3.09. The number of nitrogens with one attached hydrogen (secondary N) is 1. The number of methoxy groups -OCH3 is 2. The number of hydrogen-bond acceptors (Lipinski definition) is 5. The first-order valence-corrected chi connectivity index (χ1v) is 8.19. The standard InChI is InChI=1S/C19H23N3O4/c1-14(23)22(13-15-5-4-6-20-12-15)8-7-21-19(24)16-9-17(25-2)11-18(10-16)26-3/h4-6,9-12H,7-8,13H2,1-3H3,(H,21,24). The Labute approximate surface area is 152 Å². The van der Waals surface area contributed by atoms with Crippen LogP contribution in [0.1, 0.15) is 22.8 Å². The van der Waals surface area contributed by atoms with Crippen molar-refractivity contribution in [3.8, 4) is 11.5 Å². The minimum absolute atomic E-state index is 0.0637. The normalized spacial score (nSPS) is 10.1. The monoisotopic (exact) mass is 357 g/mol. The van der Waals surface area contributed by atoms with Crippen molar-refractivity contribution in [2.24, 2.45) is 0 Å². The van der Waals surface area contributed by atoms with Gasteiger partial charge in [0.2, 0.25) is 5.91 Å². The number of hydrogen-bond donors (Lipinski definition) is 1. The van der Waals surface area contributed by atoms with Gasteiger partial charge in [-0.25, -0.2) is 0 Å². The molecule has 0 bridgehead atoms. The minimum atomic E-state index is -0.257. The van der Waals surface area contributed by atoms with Crippen LogP contribution in [0, 0.1) is 0 Å². The number of amides is 2. The molecule has 2 rings (SSSR count). The van der Waals surface area contributed by atoms with Crippen molar-refractivity contribution < 1.29 is 19.1 Å². The van der Waals surface area contributed by atoms with E-state index in [9.17, 15) is 9.59 Å². The van der Waals surface area contributed by atoms with E-state index >= 15 is 0 Å². The summed E-state index contributed by atoms with van der Waals surface area (Å²) in [4.78, 5) is 29.9. The van der Waals surface area contributed by atoms with Gasteiger partial charge in [-0.15, -0.1) is 0 Å². The van der Waals surface area contributed by atoms with Gasteiger partial charge in [0.15, 0.2) is 0 Å². The zero-order chi connectivity index (χ0) is 18.9. The summed E-state index contributed by atoms with van der Waals surface area (Å²) in [5.74, 6) is 0.756. The van der Waals surface area contributed by atoms with Crippen molar-refractivity contribution in [2.45, 2.75) is 13.5 Å². The second-order valence-electron chi connectivity index (χ2n) is 5.66. The Balaban J connectivity index is 1.94. The van der Waals surface area contributed by atoms with Gasteiger partial charge in [-0.2, -0.15) is 0 Å². The number of pyridine rings is 1. The number of carbonyl (C=O) groups is 2. The van der Waals surface area contributed by atoms with Crippen LogP contribution in [0.2, 0.25) is 0 Å². The Kier molecular flexibility index (Phi) is 6.96. The quantitative estimate of drug-likeness (QED) is 0.780. The maximum atomic E-state index is 12.4. The third kappa shape index (κ3) is 5.47. The number of rotatable bonds is 8. The van der Waals surface area contributed by atoms with Gasteiger partial charge in [0, 0.05) is 50.6 Å². The van der Waals surface area contributed by atoms with Crippen molar-refractivity contribution in [1.29, 1.82) is 0 Å². The second kappa shape index (κ2) is 9.41. The SMILES string of the molecule is COc1cc(OC)cc(C(=O)NCCN(Cc2cccnc2)C(C)=O)c1. The summed E-state index contributed by atoms with van der Waals surface area (Å²) >= 11 is 0. The topological polar surface area (TPSA) is 80.8 Å². The summed E-state index contributed by atoms with van der Waals surface area (Å²) in [5, 5.41) is 2.81. The minimum Gasteiger partial charge on any atom is -0.497 e. The summed E-state index contributed by atoms with van der Waals surface area (Å²) in [6.07, 6.45) is 3.40.